The number of alkyl halides is 3. The van der Waals surface area contributed by atoms with Crippen molar-refractivity contribution in [2.24, 2.45) is 5.92 Å². The fraction of sp³-hybridized carbons (Fsp3) is 0.394. The Labute approximate surface area is 258 Å². The maximum absolute atomic E-state index is 14.5. The lowest BCUT2D eigenvalue weighted by atomic mass is 9.98. The van der Waals surface area contributed by atoms with Crippen LogP contribution in [0.1, 0.15) is 67.3 Å². The van der Waals surface area contributed by atoms with E-state index in [1.807, 2.05) is 30.0 Å². The number of pyridine rings is 2. The number of amides is 1. The summed E-state index contributed by atoms with van der Waals surface area (Å²) in [7, 11) is 1.57. The molecule has 0 bridgehead atoms. The molecule has 0 unspecified atom stereocenters. The minimum atomic E-state index is -4.55. The first-order valence-electron chi connectivity index (χ1n) is 14.8. The topological polar surface area (TPSA) is 77.3 Å². The van der Waals surface area contributed by atoms with Gasteiger partial charge in [0.05, 0.1) is 29.6 Å². The molecule has 0 radical (unpaired) electrons. The van der Waals surface area contributed by atoms with Gasteiger partial charge in [-0.3, -0.25) is 19.1 Å². The van der Waals surface area contributed by atoms with Gasteiger partial charge in [-0.2, -0.15) is 13.2 Å². The first-order valence-corrected chi connectivity index (χ1v) is 15.6. The summed E-state index contributed by atoms with van der Waals surface area (Å²) in [5.74, 6) is 0.606. The number of likely N-dealkylation sites (tertiary alicyclic amines) is 1. The molecule has 7 nitrogen and oxygen atoms in total. The number of aromatic nitrogens is 3. The van der Waals surface area contributed by atoms with Gasteiger partial charge < -0.3 is 9.64 Å². The Bertz CT molecular complexity index is 1700. The molecule has 0 spiro atoms. The van der Waals surface area contributed by atoms with E-state index in [4.69, 9.17) is 4.74 Å². The van der Waals surface area contributed by atoms with Crippen molar-refractivity contribution in [2.45, 2.75) is 59.1 Å². The van der Waals surface area contributed by atoms with Crippen molar-refractivity contribution < 1.29 is 22.7 Å². The van der Waals surface area contributed by atoms with Crippen LogP contribution in [-0.4, -0.2) is 45.5 Å². The monoisotopic (exact) mass is 624 g/mol. The number of thiazole rings is 1. The van der Waals surface area contributed by atoms with E-state index >= 15 is 0 Å². The van der Waals surface area contributed by atoms with Crippen molar-refractivity contribution in [3.8, 4) is 33.3 Å². The normalized spacial score (nSPS) is 13.9. The van der Waals surface area contributed by atoms with E-state index in [1.54, 1.807) is 23.1 Å². The highest BCUT2D eigenvalue weighted by Gasteiger charge is 2.32. The summed E-state index contributed by atoms with van der Waals surface area (Å²) in [6, 6.07) is 9.49. The molecule has 44 heavy (non-hydrogen) atoms. The highest BCUT2D eigenvalue weighted by Crippen LogP contribution is 2.33. The molecule has 0 aliphatic carbocycles. The number of piperidine rings is 1. The van der Waals surface area contributed by atoms with Gasteiger partial charge in [-0.05, 0) is 67.9 Å². The predicted molar refractivity (Wildman–Crippen MR) is 166 cm³/mol. The van der Waals surface area contributed by atoms with Crippen molar-refractivity contribution in [1.82, 2.24) is 19.4 Å². The second kappa shape index (κ2) is 12.9. The van der Waals surface area contributed by atoms with Crippen LogP contribution >= 0.6 is 11.3 Å². The van der Waals surface area contributed by atoms with Crippen molar-refractivity contribution in [1.29, 1.82) is 0 Å². The summed E-state index contributed by atoms with van der Waals surface area (Å²) in [4.78, 5) is 38.7. The number of ether oxygens (including phenoxy) is 1. The van der Waals surface area contributed by atoms with E-state index in [0.717, 1.165) is 37.1 Å². The van der Waals surface area contributed by atoms with Crippen LogP contribution in [-0.2, 0) is 19.0 Å². The molecule has 1 aliphatic heterocycles. The third-order valence-corrected chi connectivity index (χ3v) is 8.65. The number of carbonyl (C=O) groups is 1. The molecule has 1 amide bonds. The molecule has 1 aliphatic rings. The number of carbonyl (C=O) groups excluding carboxylic acids is 1. The molecule has 1 aromatic carbocycles. The number of hydrogen-bond donors (Lipinski definition) is 0. The fourth-order valence-electron chi connectivity index (χ4n) is 5.52. The Morgan fingerprint density at radius 2 is 1.84 bits per heavy atom. The first kappa shape index (κ1) is 31.4. The van der Waals surface area contributed by atoms with Gasteiger partial charge in [0.1, 0.15) is 16.5 Å². The number of methoxy groups -OCH3 is 1. The van der Waals surface area contributed by atoms with Crippen molar-refractivity contribution in [3.63, 3.8) is 0 Å². The second-order valence-electron chi connectivity index (χ2n) is 11.3. The smallest absolute Gasteiger partial charge is 0.433 e. The molecule has 3 aromatic heterocycles. The Balaban J connectivity index is 1.74. The summed E-state index contributed by atoms with van der Waals surface area (Å²) in [5.41, 5.74) is 2.36. The maximum atomic E-state index is 14.5. The number of hydrogen-bond acceptors (Lipinski definition) is 6. The lowest BCUT2D eigenvalue weighted by Crippen LogP contribution is -2.38. The average molecular weight is 625 g/mol. The molecular formula is C33H35F3N4O3S. The highest BCUT2D eigenvalue weighted by molar-refractivity contribution is 7.13. The van der Waals surface area contributed by atoms with Crippen LogP contribution in [0.3, 0.4) is 0 Å². The van der Waals surface area contributed by atoms with E-state index in [1.165, 1.54) is 17.4 Å². The van der Waals surface area contributed by atoms with Crippen LogP contribution in [0.2, 0.25) is 0 Å². The summed E-state index contributed by atoms with van der Waals surface area (Å²) < 4.78 is 46.4. The Hall–Kier alpha value is -3.99. The molecular weight excluding hydrogens is 589 g/mol. The quantitative estimate of drug-likeness (QED) is 0.204. The van der Waals surface area contributed by atoms with E-state index < -0.39 is 11.9 Å². The Kier molecular flexibility index (Phi) is 9.24. The summed E-state index contributed by atoms with van der Waals surface area (Å²) in [5, 5.41) is 2.05. The largest absolute Gasteiger partial charge is 0.497 e. The predicted octanol–water partition coefficient (Wildman–Crippen LogP) is 7.44. The standard InChI is InChI=1S/C33H35F3N4O3S/c1-5-21-9-11-23(43-4)16-27(21)40-28(15-20(2)3)24(31(41)39-13-7-6-8-14-39)17-25(32(40)42)30-38-26(19-44-30)22-10-12-29(37-18-22)33(34,35)36/h9-12,16-20H,5-8,13-15H2,1-4H3. The molecule has 0 saturated carbocycles. The Morgan fingerprint density at radius 1 is 1.09 bits per heavy atom. The Morgan fingerprint density at radius 3 is 2.45 bits per heavy atom. The van der Waals surface area contributed by atoms with Crippen LogP contribution in [0.5, 0.6) is 5.75 Å². The number of nitrogens with zero attached hydrogens (tertiary/aromatic N) is 4. The lowest BCUT2D eigenvalue weighted by molar-refractivity contribution is -0.141. The zero-order chi connectivity index (χ0) is 31.6. The van der Waals surface area contributed by atoms with Gasteiger partial charge in [-0.15, -0.1) is 11.3 Å². The second-order valence-corrected chi connectivity index (χ2v) is 12.2. The molecule has 0 N–H and O–H groups in total. The van der Waals surface area contributed by atoms with Crippen LogP contribution < -0.4 is 10.3 Å². The number of aryl methyl sites for hydroxylation is 1. The SMILES string of the molecule is CCc1ccc(OC)cc1-n1c(CC(C)C)c(C(=O)N2CCCCC2)cc(-c2nc(-c3ccc(C(F)(F)F)nc3)cs2)c1=O. The van der Waals surface area contributed by atoms with Crippen LogP contribution in [0.25, 0.3) is 27.5 Å². The van der Waals surface area contributed by atoms with Gasteiger partial charge in [-0.25, -0.2) is 4.98 Å². The van der Waals surface area contributed by atoms with E-state index in [-0.39, 0.29) is 22.9 Å². The third-order valence-electron chi connectivity index (χ3n) is 7.78. The van der Waals surface area contributed by atoms with Gasteiger partial charge in [0.15, 0.2) is 0 Å². The highest BCUT2D eigenvalue weighted by atomic mass is 32.1. The lowest BCUT2D eigenvalue weighted by Gasteiger charge is -2.29. The van der Waals surface area contributed by atoms with E-state index in [0.29, 0.717) is 64.9 Å². The van der Waals surface area contributed by atoms with Gasteiger partial charge in [0.25, 0.3) is 11.5 Å². The molecule has 11 heteroatoms. The number of rotatable bonds is 8. The van der Waals surface area contributed by atoms with Crippen LogP contribution in [0.15, 0.2) is 52.8 Å². The molecule has 4 heterocycles. The minimum absolute atomic E-state index is 0.125. The summed E-state index contributed by atoms with van der Waals surface area (Å²) in [6.07, 6.45) is 0.622. The van der Waals surface area contributed by atoms with Crippen molar-refractivity contribution in [2.75, 3.05) is 20.2 Å². The third kappa shape index (κ3) is 6.43. The van der Waals surface area contributed by atoms with Gasteiger partial charge in [0, 0.05) is 42.0 Å². The fourth-order valence-corrected chi connectivity index (χ4v) is 6.36. The van der Waals surface area contributed by atoms with Gasteiger partial charge in [-0.1, -0.05) is 26.8 Å². The molecule has 232 valence electrons. The molecule has 4 aromatic rings. The van der Waals surface area contributed by atoms with Crippen LogP contribution in [0.4, 0.5) is 13.2 Å². The van der Waals surface area contributed by atoms with Crippen molar-refractivity contribution >= 4 is 17.2 Å². The molecule has 1 fully saturated rings. The molecule has 0 atom stereocenters. The van der Waals surface area contributed by atoms with Gasteiger partial charge >= 0.3 is 6.18 Å². The van der Waals surface area contributed by atoms with E-state index in [9.17, 15) is 22.8 Å². The maximum Gasteiger partial charge on any atom is 0.433 e. The number of benzene rings is 1. The molecule has 5 rings (SSSR count). The summed E-state index contributed by atoms with van der Waals surface area (Å²) >= 11 is 1.19. The average Bonchev–Trinajstić information content (AvgIpc) is 3.51. The van der Waals surface area contributed by atoms with E-state index in [2.05, 4.69) is 23.8 Å². The van der Waals surface area contributed by atoms with Crippen molar-refractivity contribution in [3.05, 3.63) is 80.8 Å². The zero-order valence-electron chi connectivity index (χ0n) is 25.2. The van der Waals surface area contributed by atoms with Crippen LogP contribution in [0, 0.1) is 5.92 Å². The molecule has 1 saturated heterocycles. The zero-order valence-corrected chi connectivity index (χ0v) is 26.0. The first-order chi connectivity index (χ1) is 21.0. The summed E-state index contributed by atoms with van der Waals surface area (Å²) in [6.45, 7) is 7.41. The van der Waals surface area contributed by atoms with Gasteiger partial charge in [0.2, 0.25) is 0 Å². The minimum Gasteiger partial charge on any atom is -0.497 e. The number of halogens is 3.